The van der Waals surface area contributed by atoms with Crippen molar-refractivity contribution >= 4 is 5.91 Å². The first-order valence-corrected chi connectivity index (χ1v) is 9.84. The highest BCUT2D eigenvalue weighted by Crippen LogP contribution is 2.34. The van der Waals surface area contributed by atoms with Crippen LogP contribution in [0.3, 0.4) is 0 Å². The minimum Gasteiger partial charge on any atom is -0.420 e. The Bertz CT molecular complexity index is 806. The first-order valence-electron chi connectivity index (χ1n) is 9.84. The summed E-state index contributed by atoms with van der Waals surface area (Å²) in [7, 11) is 1.82. The number of rotatable bonds is 4. The van der Waals surface area contributed by atoms with Gasteiger partial charge in [0.25, 0.3) is 5.91 Å². The predicted octanol–water partition coefficient (Wildman–Crippen LogP) is 3.15. The number of aromatic nitrogens is 4. The van der Waals surface area contributed by atoms with Gasteiger partial charge >= 0.3 is 0 Å². The summed E-state index contributed by atoms with van der Waals surface area (Å²) >= 11 is 0. The molecule has 4 rings (SSSR count). The van der Waals surface area contributed by atoms with E-state index in [1.165, 1.54) is 0 Å². The van der Waals surface area contributed by atoms with E-state index in [-0.39, 0.29) is 24.0 Å². The number of likely N-dealkylation sites (tertiary alicyclic amines) is 1. The molecule has 0 aliphatic carbocycles. The summed E-state index contributed by atoms with van der Waals surface area (Å²) < 4.78 is 13.2. The maximum atomic E-state index is 13.3. The van der Waals surface area contributed by atoms with Crippen LogP contribution in [0.4, 0.5) is 0 Å². The van der Waals surface area contributed by atoms with Crippen molar-refractivity contribution in [3.05, 3.63) is 29.2 Å². The standard InChI is InChI=1S/C19H27N5O3/c1-12(2)13-11-15(23(3)22-13)19(25)24-9-5-4-7-14(24)17-20-21-18(27-17)16-8-6-10-26-16/h11-12,14,16H,4-10H2,1-3H3/t14-,16+/m0/s1. The minimum atomic E-state index is -0.189. The quantitative estimate of drug-likeness (QED) is 0.818. The van der Waals surface area contributed by atoms with Crippen LogP contribution in [-0.2, 0) is 11.8 Å². The van der Waals surface area contributed by atoms with Crippen LogP contribution >= 0.6 is 0 Å². The van der Waals surface area contributed by atoms with E-state index in [0.717, 1.165) is 44.4 Å². The number of piperidine rings is 1. The molecule has 8 nitrogen and oxygen atoms in total. The number of nitrogens with zero attached hydrogens (tertiary/aromatic N) is 5. The van der Waals surface area contributed by atoms with Gasteiger partial charge in [-0.25, -0.2) is 0 Å². The van der Waals surface area contributed by atoms with Gasteiger partial charge in [-0.05, 0) is 44.1 Å². The van der Waals surface area contributed by atoms with Crippen LogP contribution in [0.2, 0.25) is 0 Å². The fourth-order valence-corrected chi connectivity index (χ4v) is 3.83. The molecule has 0 radical (unpaired) electrons. The maximum absolute atomic E-state index is 13.3. The molecule has 2 aromatic heterocycles. The van der Waals surface area contributed by atoms with Crippen LogP contribution < -0.4 is 0 Å². The molecule has 0 bridgehead atoms. The van der Waals surface area contributed by atoms with Crippen molar-refractivity contribution in [3.63, 3.8) is 0 Å². The number of carbonyl (C=O) groups is 1. The van der Waals surface area contributed by atoms with E-state index in [4.69, 9.17) is 9.15 Å². The molecule has 2 aliphatic rings. The van der Waals surface area contributed by atoms with Gasteiger partial charge in [0.05, 0.1) is 5.69 Å². The molecule has 146 valence electrons. The zero-order valence-corrected chi connectivity index (χ0v) is 16.2. The fraction of sp³-hybridized carbons (Fsp3) is 0.684. The topological polar surface area (TPSA) is 86.3 Å². The van der Waals surface area contributed by atoms with Gasteiger partial charge in [0, 0.05) is 20.2 Å². The molecule has 2 fully saturated rings. The smallest absolute Gasteiger partial charge is 0.272 e. The Morgan fingerprint density at radius 3 is 2.70 bits per heavy atom. The molecule has 4 heterocycles. The molecule has 8 heteroatoms. The summed E-state index contributed by atoms with van der Waals surface area (Å²) in [6, 6.07) is 1.70. The molecule has 2 atom stereocenters. The summed E-state index contributed by atoms with van der Waals surface area (Å²) in [6.07, 6.45) is 4.65. The molecule has 0 saturated carbocycles. The van der Waals surface area contributed by atoms with E-state index in [9.17, 15) is 4.79 Å². The summed E-state index contributed by atoms with van der Waals surface area (Å²) in [4.78, 5) is 15.1. The number of hydrogen-bond donors (Lipinski definition) is 0. The zero-order valence-electron chi connectivity index (χ0n) is 16.2. The lowest BCUT2D eigenvalue weighted by Gasteiger charge is -2.33. The largest absolute Gasteiger partial charge is 0.420 e. The molecule has 1 amide bonds. The van der Waals surface area contributed by atoms with E-state index < -0.39 is 0 Å². The highest BCUT2D eigenvalue weighted by Gasteiger charge is 2.35. The van der Waals surface area contributed by atoms with Crippen LogP contribution in [0.15, 0.2) is 10.5 Å². The molecule has 2 aliphatic heterocycles. The minimum absolute atomic E-state index is 0.0292. The monoisotopic (exact) mass is 373 g/mol. The number of hydrogen-bond acceptors (Lipinski definition) is 6. The van der Waals surface area contributed by atoms with Gasteiger partial charge < -0.3 is 14.1 Å². The summed E-state index contributed by atoms with van der Waals surface area (Å²) in [6.45, 7) is 5.56. The van der Waals surface area contributed by atoms with E-state index in [1.807, 2.05) is 18.0 Å². The van der Waals surface area contributed by atoms with E-state index in [2.05, 4.69) is 29.1 Å². The molecule has 2 saturated heterocycles. The Morgan fingerprint density at radius 1 is 1.19 bits per heavy atom. The second kappa shape index (κ2) is 7.42. The van der Waals surface area contributed by atoms with Crippen LogP contribution in [0.25, 0.3) is 0 Å². The predicted molar refractivity (Wildman–Crippen MR) is 97.2 cm³/mol. The van der Waals surface area contributed by atoms with Crippen molar-refractivity contribution in [2.45, 2.75) is 64.0 Å². The maximum Gasteiger partial charge on any atom is 0.272 e. The van der Waals surface area contributed by atoms with Crippen LogP contribution in [-0.4, -0.2) is 43.9 Å². The van der Waals surface area contributed by atoms with Crippen molar-refractivity contribution < 1.29 is 13.9 Å². The molecule has 27 heavy (non-hydrogen) atoms. The summed E-state index contributed by atoms with van der Waals surface area (Å²) in [5.74, 6) is 1.29. The van der Waals surface area contributed by atoms with Crippen LogP contribution in [0.5, 0.6) is 0 Å². The highest BCUT2D eigenvalue weighted by atomic mass is 16.5. The van der Waals surface area contributed by atoms with Crippen molar-refractivity contribution in [3.8, 4) is 0 Å². The van der Waals surface area contributed by atoms with E-state index in [1.54, 1.807) is 4.68 Å². The average molecular weight is 373 g/mol. The van der Waals surface area contributed by atoms with Crippen LogP contribution in [0.1, 0.15) is 92.0 Å². The van der Waals surface area contributed by atoms with E-state index in [0.29, 0.717) is 24.0 Å². The Balaban J connectivity index is 1.58. The van der Waals surface area contributed by atoms with Crippen molar-refractivity contribution in [2.75, 3.05) is 13.2 Å². The third-order valence-electron chi connectivity index (χ3n) is 5.42. The van der Waals surface area contributed by atoms with Gasteiger partial charge in [0.1, 0.15) is 17.8 Å². The normalized spacial score (nSPS) is 23.3. The fourth-order valence-electron chi connectivity index (χ4n) is 3.83. The third-order valence-corrected chi connectivity index (χ3v) is 5.42. The second-order valence-corrected chi connectivity index (χ2v) is 7.72. The van der Waals surface area contributed by atoms with Crippen LogP contribution in [0, 0.1) is 0 Å². The van der Waals surface area contributed by atoms with Gasteiger partial charge in [0.2, 0.25) is 11.8 Å². The molecule has 0 N–H and O–H groups in total. The Labute approximate surface area is 158 Å². The van der Waals surface area contributed by atoms with Crippen molar-refractivity contribution in [2.24, 2.45) is 7.05 Å². The number of aryl methyl sites for hydroxylation is 1. The molecule has 0 unspecified atom stereocenters. The molecule has 0 aromatic carbocycles. The summed E-state index contributed by atoms with van der Waals surface area (Å²) in [5, 5.41) is 12.9. The number of carbonyl (C=O) groups excluding carboxylic acids is 1. The summed E-state index contributed by atoms with van der Waals surface area (Å²) in [5.41, 5.74) is 1.53. The van der Waals surface area contributed by atoms with Gasteiger partial charge in [-0.3, -0.25) is 9.48 Å². The second-order valence-electron chi connectivity index (χ2n) is 7.72. The van der Waals surface area contributed by atoms with Gasteiger partial charge in [-0.2, -0.15) is 5.10 Å². The first kappa shape index (κ1) is 18.2. The molecular formula is C19H27N5O3. The SMILES string of the molecule is CC(C)c1cc(C(=O)N2CCCC[C@H]2c2nnc([C@H]3CCCO3)o2)n(C)n1. The number of ether oxygens (including phenoxy) is 1. The van der Waals surface area contributed by atoms with Crippen molar-refractivity contribution in [1.29, 1.82) is 0 Å². The van der Waals surface area contributed by atoms with Gasteiger partial charge in [-0.1, -0.05) is 13.8 Å². The lowest BCUT2D eigenvalue weighted by atomic mass is 10.0. The van der Waals surface area contributed by atoms with Crippen molar-refractivity contribution in [1.82, 2.24) is 24.9 Å². The highest BCUT2D eigenvalue weighted by molar-refractivity contribution is 5.93. The zero-order chi connectivity index (χ0) is 19.0. The molecular weight excluding hydrogens is 346 g/mol. The Morgan fingerprint density at radius 2 is 2.00 bits per heavy atom. The Kier molecular flexibility index (Phi) is 4.99. The number of amides is 1. The molecule has 2 aromatic rings. The molecule has 0 spiro atoms. The Hall–Kier alpha value is -2.22. The van der Waals surface area contributed by atoms with E-state index >= 15 is 0 Å². The lowest BCUT2D eigenvalue weighted by molar-refractivity contribution is 0.0539. The lowest BCUT2D eigenvalue weighted by Crippen LogP contribution is -2.39. The third kappa shape index (κ3) is 3.50. The van der Waals surface area contributed by atoms with Gasteiger partial charge in [-0.15, -0.1) is 10.2 Å². The average Bonchev–Trinajstić information content (AvgIpc) is 3.41. The first-order chi connectivity index (χ1) is 13.0. The van der Waals surface area contributed by atoms with Gasteiger partial charge in [0.15, 0.2) is 0 Å².